The average molecular weight is 431 g/mol. The largest absolute Gasteiger partial charge is 0.368 e. The molecule has 27 heavy (non-hydrogen) atoms. The Kier molecular flexibility index (Phi) is 9.95. The number of carbonyl (C=O) groups is 1. The predicted molar refractivity (Wildman–Crippen MR) is 117 cm³/mol. The molecule has 0 saturated carbocycles. The number of hydrogen-bond donors (Lipinski definition) is 2. The molecule has 1 aliphatic heterocycles. The monoisotopic (exact) mass is 429 g/mol. The number of hydrogen-bond acceptors (Lipinski definition) is 3. The Morgan fingerprint density at radius 3 is 2.52 bits per heavy atom. The summed E-state index contributed by atoms with van der Waals surface area (Å²) >= 11 is 6.30. The molecule has 3 rings (SSSR count). The van der Waals surface area contributed by atoms with Crippen LogP contribution in [0.1, 0.15) is 18.4 Å². The van der Waals surface area contributed by atoms with Crippen LogP contribution in [0.2, 0.25) is 5.02 Å². The van der Waals surface area contributed by atoms with Crippen molar-refractivity contribution < 1.29 is 4.79 Å². The topological polar surface area (TPSA) is 58.4 Å². The van der Waals surface area contributed by atoms with E-state index in [1.54, 1.807) is 0 Å². The second kappa shape index (κ2) is 11.4. The highest BCUT2D eigenvalue weighted by molar-refractivity contribution is 6.33. The van der Waals surface area contributed by atoms with E-state index in [2.05, 4.69) is 10.2 Å². The maximum atomic E-state index is 12.4. The highest BCUT2D eigenvalue weighted by Gasteiger charge is 2.24. The molecule has 2 unspecified atom stereocenters. The molecule has 7 heteroatoms. The smallest absolute Gasteiger partial charge is 0.237 e. The Labute approximate surface area is 178 Å². The molecule has 4 nitrogen and oxygen atoms in total. The Bertz CT molecular complexity index is 715. The molecule has 2 aromatic rings. The third kappa shape index (κ3) is 6.58. The van der Waals surface area contributed by atoms with Crippen LogP contribution in [0.25, 0.3) is 0 Å². The number of carbonyl (C=O) groups excluding carboxylic acids is 1. The molecule has 0 spiro atoms. The third-order valence-corrected chi connectivity index (χ3v) is 4.92. The van der Waals surface area contributed by atoms with Crippen molar-refractivity contribution in [2.24, 2.45) is 5.73 Å². The van der Waals surface area contributed by atoms with Gasteiger partial charge in [-0.25, -0.2) is 0 Å². The number of halogens is 3. The van der Waals surface area contributed by atoms with Crippen LogP contribution in [-0.2, 0) is 11.2 Å². The van der Waals surface area contributed by atoms with Crippen LogP contribution >= 0.6 is 36.4 Å². The summed E-state index contributed by atoms with van der Waals surface area (Å²) in [4.78, 5) is 14.7. The van der Waals surface area contributed by atoms with Crippen LogP contribution in [0.3, 0.4) is 0 Å². The minimum absolute atomic E-state index is 0. The minimum atomic E-state index is -0.530. The van der Waals surface area contributed by atoms with Crippen molar-refractivity contribution in [3.63, 3.8) is 0 Å². The van der Waals surface area contributed by atoms with E-state index in [4.69, 9.17) is 17.3 Å². The number of amides is 1. The summed E-state index contributed by atoms with van der Waals surface area (Å²) in [6.45, 7) is 1.71. The maximum absolute atomic E-state index is 12.4. The second-order valence-corrected chi connectivity index (χ2v) is 6.95. The van der Waals surface area contributed by atoms with Crippen molar-refractivity contribution in [3.05, 3.63) is 65.2 Å². The third-order valence-electron chi connectivity index (χ3n) is 4.60. The van der Waals surface area contributed by atoms with Gasteiger partial charge in [0.1, 0.15) is 0 Å². The van der Waals surface area contributed by atoms with Crippen LogP contribution in [0, 0.1) is 0 Å². The maximum Gasteiger partial charge on any atom is 0.237 e. The Balaban J connectivity index is 0.00000182. The van der Waals surface area contributed by atoms with Gasteiger partial charge in [-0.15, -0.1) is 24.8 Å². The summed E-state index contributed by atoms with van der Waals surface area (Å²) in [6.07, 6.45) is 2.53. The number of nitrogens with two attached hydrogens (primary N) is 1. The standard InChI is InChI=1S/C20H24ClN3O.2ClH/c21-17-10-4-5-11-19(17)24-12-6-9-16(14-24)23-20(25)18(22)13-15-7-2-1-3-8-15;;/h1-5,7-8,10-11,16,18H,6,9,12-14,22H2,(H,23,25);2*1H. The molecule has 0 aromatic heterocycles. The fourth-order valence-corrected chi connectivity index (χ4v) is 3.55. The van der Waals surface area contributed by atoms with Gasteiger partial charge in [0.2, 0.25) is 5.91 Å². The van der Waals surface area contributed by atoms with E-state index >= 15 is 0 Å². The van der Waals surface area contributed by atoms with Gasteiger partial charge in [0.05, 0.1) is 16.8 Å². The van der Waals surface area contributed by atoms with Gasteiger partial charge in [-0.3, -0.25) is 4.79 Å². The number of anilines is 1. The molecule has 2 aromatic carbocycles. The summed E-state index contributed by atoms with van der Waals surface area (Å²) in [5.74, 6) is -0.0881. The van der Waals surface area contributed by atoms with E-state index in [1.807, 2.05) is 54.6 Å². The van der Waals surface area contributed by atoms with Crippen molar-refractivity contribution in [1.82, 2.24) is 5.32 Å². The number of rotatable bonds is 5. The molecule has 0 aliphatic carbocycles. The van der Waals surface area contributed by atoms with Crippen LogP contribution in [0.15, 0.2) is 54.6 Å². The summed E-state index contributed by atoms with van der Waals surface area (Å²) in [7, 11) is 0. The number of benzene rings is 2. The molecule has 0 bridgehead atoms. The van der Waals surface area contributed by atoms with E-state index in [0.717, 1.165) is 42.2 Å². The fourth-order valence-electron chi connectivity index (χ4n) is 3.29. The lowest BCUT2D eigenvalue weighted by Gasteiger charge is -2.35. The molecular weight excluding hydrogens is 405 g/mol. The zero-order valence-corrected chi connectivity index (χ0v) is 17.4. The van der Waals surface area contributed by atoms with E-state index in [1.165, 1.54) is 0 Å². The van der Waals surface area contributed by atoms with Gasteiger partial charge in [-0.05, 0) is 37.0 Å². The zero-order chi connectivity index (χ0) is 17.6. The minimum Gasteiger partial charge on any atom is -0.368 e. The molecule has 0 radical (unpaired) electrons. The first-order chi connectivity index (χ1) is 12.1. The molecule has 1 fully saturated rings. The molecule has 3 N–H and O–H groups in total. The quantitative estimate of drug-likeness (QED) is 0.758. The van der Waals surface area contributed by atoms with Crippen LogP contribution in [0.4, 0.5) is 5.69 Å². The van der Waals surface area contributed by atoms with Crippen LogP contribution < -0.4 is 16.0 Å². The first kappa shape index (κ1) is 23.6. The molecule has 1 heterocycles. The first-order valence-electron chi connectivity index (χ1n) is 8.73. The summed E-state index contributed by atoms with van der Waals surface area (Å²) in [5.41, 5.74) is 8.19. The Morgan fingerprint density at radius 1 is 1.15 bits per heavy atom. The van der Waals surface area contributed by atoms with Crippen molar-refractivity contribution >= 4 is 48.0 Å². The number of nitrogens with one attached hydrogen (secondary N) is 1. The van der Waals surface area contributed by atoms with Crippen molar-refractivity contribution in [2.75, 3.05) is 18.0 Å². The van der Waals surface area contributed by atoms with Gasteiger partial charge in [-0.2, -0.15) is 0 Å². The van der Waals surface area contributed by atoms with Crippen LogP contribution in [0.5, 0.6) is 0 Å². The Morgan fingerprint density at radius 2 is 1.81 bits per heavy atom. The molecule has 1 saturated heterocycles. The van der Waals surface area contributed by atoms with Gasteiger partial charge in [0.25, 0.3) is 0 Å². The van der Waals surface area contributed by atoms with Gasteiger partial charge in [0, 0.05) is 19.1 Å². The Hall–Kier alpha value is -1.46. The van der Waals surface area contributed by atoms with Gasteiger partial charge in [-0.1, -0.05) is 54.1 Å². The molecular formula is C20H26Cl3N3O. The second-order valence-electron chi connectivity index (χ2n) is 6.54. The summed E-state index contributed by atoms with van der Waals surface area (Å²) in [6, 6.07) is 17.3. The lowest BCUT2D eigenvalue weighted by molar-refractivity contribution is -0.123. The molecule has 1 amide bonds. The van der Waals surface area contributed by atoms with E-state index in [-0.39, 0.29) is 36.8 Å². The van der Waals surface area contributed by atoms with Crippen molar-refractivity contribution in [3.8, 4) is 0 Å². The SMILES string of the molecule is Cl.Cl.NC(Cc1ccccc1)C(=O)NC1CCCN(c2ccccc2Cl)C1. The van der Waals surface area contributed by atoms with E-state index < -0.39 is 6.04 Å². The van der Waals surface area contributed by atoms with Gasteiger partial charge >= 0.3 is 0 Å². The van der Waals surface area contributed by atoms with Gasteiger partial charge in [0.15, 0.2) is 0 Å². The zero-order valence-electron chi connectivity index (χ0n) is 15.0. The van der Waals surface area contributed by atoms with E-state index in [9.17, 15) is 4.79 Å². The van der Waals surface area contributed by atoms with Crippen LogP contribution in [-0.4, -0.2) is 31.1 Å². The number of piperidine rings is 1. The lowest BCUT2D eigenvalue weighted by atomic mass is 10.0. The first-order valence-corrected chi connectivity index (χ1v) is 9.10. The van der Waals surface area contributed by atoms with Crippen molar-refractivity contribution in [2.45, 2.75) is 31.3 Å². The lowest BCUT2D eigenvalue weighted by Crippen LogP contribution is -2.52. The number of nitrogens with zero attached hydrogens (tertiary/aromatic N) is 1. The normalized spacial score (nSPS) is 17.3. The van der Waals surface area contributed by atoms with E-state index in [0.29, 0.717) is 6.42 Å². The molecule has 2 atom stereocenters. The van der Waals surface area contributed by atoms with Crippen molar-refractivity contribution in [1.29, 1.82) is 0 Å². The summed E-state index contributed by atoms with van der Waals surface area (Å²) in [5, 5.41) is 3.86. The predicted octanol–water partition coefficient (Wildman–Crippen LogP) is 3.84. The fraction of sp³-hybridized carbons (Fsp3) is 0.350. The number of para-hydroxylation sites is 1. The summed E-state index contributed by atoms with van der Waals surface area (Å²) < 4.78 is 0. The highest BCUT2D eigenvalue weighted by atomic mass is 35.5. The molecule has 1 aliphatic rings. The average Bonchev–Trinajstić information content (AvgIpc) is 2.63. The molecule has 148 valence electrons. The van der Waals surface area contributed by atoms with Gasteiger partial charge < -0.3 is 16.0 Å². The highest BCUT2D eigenvalue weighted by Crippen LogP contribution is 2.27.